The molecule has 0 fully saturated rings. The molecule has 0 radical (unpaired) electrons. The SMILES string of the molecule is CC(C)CS(=O)(=O)N(C)CCCBr. The Morgan fingerprint density at radius 2 is 1.92 bits per heavy atom. The van der Waals surface area contributed by atoms with Crippen LogP contribution in [0.4, 0.5) is 0 Å². The molecule has 0 spiro atoms. The predicted molar refractivity (Wildman–Crippen MR) is 59.7 cm³/mol. The van der Waals surface area contributed by atoms with E-state index in [-0.39, 0.29) is 11.7 Å². The van der Waals surface area contributed by atoms with Crippen molar-refractivity contribution in [2.75, 3.05) is 24.7 Å². The lowest BCUT2D eigenvalue weighted by atomic mass is 10.3. The van der Waals surface area contributed by atoms with Crippen LogP contribution in [0.2, 0.25) is 0 Å². The van der Waals surface area contributed by atoms with Gasteiger partial charge < -0.3 is 0 Å². The van der Waals surface area contributed by atoms with Crippen LogP contribution in [-0.4, -0.2) is 37.4 Å². The minimum absolute atomic E-state index is 0.191. The zero-order chi connectivity index (χ0) is 10.5. The van der Waals surface area contributed by atoms with E-state index in [9.17, 15) is 8.42 Å². The minimum Gasteiger partial charge on any atom is -0.212 e. The third-order valence-corrected chi connectivity index (χ3v) is 4.41. The molecule has 13 heavy (non-hydrogen) atoms. The van der Waals surface area contributed by atoms with Crippen LogP contribution in [0, 0.1) is 5.92 Å². The molecular weight excluding hydrogens is 254 g/mol. The largest absolute Gasteiger partial charge is 0.214 e. The molecule has 0 saturated heterocycles. The summed E-state index contributed by atoms with van der Waals surface area (Å²) in [6.45, 7) is 4.42. The van der Waals surface area contributed by atoms with E-state index in [0.29, 0.717) is 6.54 Å². The second kappa shape index (κ2) is 5.98. The molecule has 0 aromatic carbocycles. The molecule has 0 rings (SSSR count). The number of nitrogens with zero attached hydrogens (tertiary/aromatic N) is 1. The number of hydrogen-bond acceptors (Lipinski definition) is 2. The van der Waals surface area contributed by atoms with Crippen molar-refractivity contribution in [2.45, 2.75) is 20.3 Å². The van der Waals surface area contributed by atoms with Crippen molar-refractivity contribution in [3.05, 3.63) is 0 Å². The quantitative estimate of drug-likeness (QED) is 0.690. The molecule has 80 valence electrons. The van der Waals surface area contributed by atoms with Crippen molar-refractivity contribution in [3.63, 3.8) is 0 Å². The molecule has 0 amide bonds. The van der Waals surface area contributed by atoms with Gasteiger partial charge in [0.05, 0.1) is 5.75 Å². The van der Waals surface area contributed by atoms with Crippen LogP contribution in [0.25, 0.3) is 0 Å². The van der Waals surface area contributed by atoms with Gasteiger partial charge in [0.25, 0.3) is 0 Å². The number of alkyl halides is 1. The van der Waals surface area contributed by atoms with Gasteiger partial charge in [-0.15, -0.1) is 0 Å². The molecule has 0 aliphatic rings. The monoisotopic (exact) mass is 271 g/mol. The van der Waals surface area contributed by atoms with E-state index in [0.717, 1.165) is 11.8 Å². The fourth-order valence-electron chi connectivity index (χ4n) is 0.970. The van der Waals surface area contributed by atoms with Crippen LogP contribution in [-0.2, 0) is 10.0 Å². The molecule has 5 heteroatoms. The van der Waals surface area contributed by atoms with Crippen LogP contribution >= 0.6 is 15.9 Å². The summed E-state index contributed by atoms with van der Waals surface area (Å²) >= 11 is 3.27. The summed E-state index contributed by atoms with van der Waals surface area (Å²) in [6.07, 6.45) is 0.855. The first kappa shape index (κ1) is 13.4. The number of hydrogen-bond donors (Lipinski definition) is 0. The Morgan fingerprint density at radius 3 is 2.31 bits per heavy atom. The average Bonchev–Trinajstić information content (AvgIpc) is 1.97. The normalized spacial score (nSPS) is 12.8. The van der Waals surface area contributed by atoms with Gasteiger partial charge in [0.1, 0.15) is 0 Å². The molecule has 0 N–H and O–H groups in total. The van der Waals surface area contributed by atoms with E-state index in [1.807, 2.05) is 13.8 Å². The molecule has 0 aliphatic carbocycles. The molecule has 0 aromatic heterocycles. The predicted octanol–water partition coefficient (Wildman–Crippen LogP) is 1.69. The van der Waals surface area contributed by atoms with Gasteiger partial charge in [-0.2, -0.15) is 0 Å². The van der Waals surface area contributed by atoms with Gasteiger partial charge >= 0.3 is 0 Å². The topological polar surface area (TPSA) is 37.4 Å². The summed E-state index contributed by atoms with van der Waals surface area (Å²) < 4.78 is 24.6. The molecule has 0 atom stereocenters. The second-order valence-corrected chi connectivity index (χ2v) is 6.45. The summed E-state index contributed by atoms with van der Waals surface area (Å²) in [5.74, 6) is 0.433. The van der Waals surface area contributed by atoms with Gasteiger partial charge in [0.15, 0.2) is 0 Å². The summed E-state index contributed by atoms with van der Waals surface area (Å²) in [5, 5.41) is 0.842. The Kier molecular flexibility index (Phi) is 6.16. The molecule has 0 heterocycles. The maximum absolute atomic E-state index is 11.6. The zero-order valence-electron chi connectivity index (χ0n) is 8.46. The molecule has 0 unspecified atom stereocenters. The zero-order valence-corrected chi connectivity index (χ0v) is 10.9. The fourth-order valence-corrected chi connectivity index (χ4v) is 2.72. The second-order valence-electron chi connectivity index (χ2n) is 3.54. The summed E-state index contributed by atoms with van der Waals surface area (Å²) in [5.41, 5.74) is 0. The standard InChI is InChI=1S/C8H18BrNO2S/c1-8(2)7-13(11,12)10(3)6-4-5-9/h8H,4-7H2,1-3H3. The Balaban J connectivity index is 4.12. The Morgan fingerprint density at radius 1 is 1.38 bits per heavy atom. The Labute approximate surface area is 89.7 Å². The van der Waals surface area contributed by atoms with Crippen molar-refractivity contribution in [1.82, 2.24) is 4.31 Å². The fraction of sp³-hybridized carbons (Fsp3) is 1.00. The third-order valence-electron chi connectivity index (χ3n) is 1.63. The Bertz CT molecular complexity index is 226. The molecule has 0 bridgehead atoms. The van der Waals surface area contributed by atoms with Crippen molar-refractivity contribution in [2.24, 2.45) is 5.92 Å². The third kappa shape index (κ3) is 5.65. The number of rotatable bonds is 6. The van der Waals surface area contributed by atoms with Crippen molar-refractivity contribution >= 4 is 26.0 Å². The highest BCUT2D eigenvalue weighted by Gasteiger charge is 2.18. The summed E-state index contributed by atoms with van der Waals surface area (Å²) in [7, 11) is -1.38. The van der Waals surface area contributed by atoms with Gasteiger partial charge in [-0.05, 0) is 12.3 Å². The van der Waals surface area contributed by atoms with Crippen LogP contribution in [0.3, 0.4) is 0 Å². The van der Waals surface area contributed by atoms with Crippen LogP contribution in [0.5, 0.6) is 0 Å². The van der Waals surface area contributed by atoms with Crippen LogP contribution in [0.15, 0.2) is 0 Å². The van der Waals surface area contributed by atoms with E-state index < -0.39 is 10.0 Å². The highest BCUT2D eigenvalue weighted by Crippen LogP contribution is 2.05. The maximum atomic E-state index is 11.6. The maximum Gasteiger partial charge on any atom is 0.214 e. The number of halogens is 1. The lowest BCUT2D eigenvalue weighted by Crippen LogP contribution is -2.31. The van der Waals surface area contributed by atoms with E-state index >= 15 is 0 Å². The lowest BCUT2D eigenvalue weighted by molar-refractivity contribution is 0.463. The minimum atomic E-state index is -3.02. The first-order valence-corrected chi connectivity index (χ1v) is 7.13. The van der Waals surface area contributed by atoms with E-state index in [4.69, 9.17) is 0 Å². The van der Waals surface area contributed by atoms with Crippen LogP contribution < -0.4 is 0 Å². The van der Waals surface area contributed by atoms with Crippen molar-refractivity contribution < 1.29 is 8.42 Å². The van der Waals surface area contributed by atoms with Gasteiger partial charge in [-0.25, -0.2) is 12.7 Å². The smallest absolute Gasteiger partial charge is 0.212 e. The van der Waals surface area contributed by atoms with E-state index in [2.05, 4.69) is 15.9 Å². The van der Waals surface area contributed by atoms with Gasteiger partial charge in [0, 0.05) is 18.9 Å². The highest BCUT2D eigenvalue weighted by molar-refractivity contribution is 9.09. The highest BCUT2D eigenvalue weighted by atomic mass is 79.9. The summed E-state index contributed by atoms with van der Waals surface area (Å²) in [4.78, 5) is 0. The average molecular weight is 272 g/mol. The first-order valence-electron chi connectivity index (χ1n) is 4.40. The van der Waals surface area contributed by atoms with Crippen molar-refractivity contribution in [3.8, 4) is 0 Å². The molecule has 0 saturated carbocycles. The van der Waals surface area contributed by atoms with E-state index in [1.54, 1.807) is 7.05 Å². The molecular formula is C8H18BrNO2S. The van der Waals surface area contributed by atoms with Crippen molar-refractivity contribution in [1.29, 1.82) is 0 Å². The lowest BCUT2D eigenvalue weighted by Gasteiger charge is -2.17. The van der Waals surface area contributed by atoms with Gasteiger partial charge in [-0.1, -0.05) is 29.8 Å². The van der Waals surface area contributed by atoms with E-state index in [1.165, 1.54) is 4.31 Å². The molecule has 3 nitrogen and oxygen atoms in total. The number of sulfonamides is 1. The van der Waals surface area contributed by atoms with Crippen LogP contribution in [0.1, 0.15) is 20.3 Å². The van der Waals surface area contributed by atoms with Gasteiger partial charge in [0.2, 0.25) is 10.0 Å². The molecule has 0 aliphatic heterocycles. The summed E-state index contributed by atoms with van der Waals surface area (Å²) in [6, 6.07) is 0. The Hall–Kier alpha value is 0.390. The first-order chi connectivity index (χ1) is 5.90. The molecule has 0 aromatic rings. The van der Waals surface area contributed by atoms with Gasteiger partial charge in [-0.3, -0.25) is 0 Å².